The van der Waals surface area contributed by atoms with E-state index in [9.17, 15) is 10.1 Å². The Morgan fingerprint density at radius 2 is 2.12 bits per heavy atom. The van der Waals surface area contributed by atoms with Crippen LogP contribution in [0.25, 0.3) is 0 Å². The minimum atomic E-state index is -0.144. The van der Waals surface area contributed by atoms with Crippen molar-refractivity contribution in [1.82, 2.24) is 5.32 Å². The number of anilines is 1. The van der Waals surface area contributed by atoms with Gasteiger partial charge in [0.2, 0.25) is 5.91 Å². The van der Waals surface area contributed by atoms with Crippen LogP contribution in [0.4, 0.5) is 5.00 Å². The Hall–Kier alpha value is -1.87. The lowest BCUT2D eigenvalue weighted by atomic mass is 9.96. The molecule has 2 N–H and O–H groups in total. The Morgan fingerprint density at radius 3 is 2.88 bits per heavy atom. The van der Waals surface area contributed by atoms with Crippen LogP contribution < -0.4 is 10.6 Å². The number of fused-ring (bicyclic) bond motifs is 1. The quantitative estimate of drug-likeness (QED) is 0.814. The summed E-state index contributed by atoms with van der Waals surface area (Å²) in [6.45, 7) is 2.14. The molecule has 6 heteroatoms. The summed E-state index contributed by atoms with van der Waals surface area (Å²) in [5.74, 6) is -0.144. The number of carbonyl (C=O) groups excluding carboxylic acids is 1. The van der Waals surface area contributed by atoms with Crippen LogP contribution in [0.15, 0.2) is 24.3 Å². The molecule has 2 aromatic rings. The van der Waals surface area contributed by atoms with Gasteiger partial charge in [-0.2, -0.15) is 5.26 Å². The SMILES string of the molecule is C[C@H](NCC(=O)Nc1sc2c(c1C#N)CCCC2)c1ccccc1Cl. The zero-order chi connectivity index (χ0) is 17.8. The van der Waals surface area contributed by atoms with Crippen molar-refractivity contribution in [2.75, 3.05) is 11.9 Å². The van der Waals surface area contributed by atoms with Crippen LogP contribution in [0.2, 0.25) is 5.02 Å². The summed E-state index contributed by atoms with van der Waals surface area (Å²) in [6, 6.07) is 9.82. The molecule has 0 saturated heterocycles. The molecular formula is C19H20ClN3OS. The average Bonchev–Trinajstić information content (AvgIpc) is 2.97. The Bertz CT molecular complexity index is 825. The summed E-state index contributed by atoms with van der Waals surface area (Å²) in [5.41, 5.74) is 2.74. The first kappa shape index (κ1) is 17.9. The number of halogens is 1. The van der Waals surface area contributed by atoms with Gasteiger partial charge in [-0.3, -0.25) is 4.79 Å². The average molecular weight is 374 g/mol. The lowest BCUT2D eigenvalue weighted by molar-refractivity contribution is -0.115. The molecule has 3 rings (SSSR count). The lowest BCUT2D eigenvalue weighted by Crippen LogP contribution is -2.30. The van der Waals surface area contributed by atoms with E-state index in [0.29, 0.717) is 15.6 Å². The number of benzene rings is 1. The van der Waals surface area contributed by atoms with E-state index in [1.54, 1.807) is 11.3 Å². The number of amides is 1. The molecule has 1 heterocycles. The largest absolute Gasteiger partial charge is 0.315 e. The monoisotopic (exact) mass is 373 g/mol. The molecule has 130 valence electrons. The molecule has 25 heavy (non-hydrogen) atoms. The normalized spacial score (nSPS) is 14.4. The van der Waals surface area contributed by atoms with Crippen LogP contribution in [-0.2, 0) is 17.6 Å². The summed E-state index contributed by atoms with van der Waals surface area (Å²) in [5, 5.41) is 16.9. The van der Waals surface area contributed by atoms with Crippen molar-refractivity contribution in [3.05, 3.63) is 50.9 Å². The van der Waals surface area contributed by atoms with Gasteiger partial charge in [-0.1, -0.05) is 29.8 Å². The van der Waals surface area contributed by atoms with Gasteiger partial charge in [-0.05, 0) is 49.8 Å². The van der Waals surface area contributed by atoms with E-state index in [-0.39, 0.29) is 18.5 Å². The van der Waals surface area contributed by atoms with Gasteiger partial charge in [0.05, 0.1) is 12.1 Å². The summed E-state index contributed by atoms with van der Waals surface area (Å²) in [7, 11) is 0. The van der Waals surface area contributed by atoms with E-state index in [1.807, 2.05) is 31.2 Å². The molecule has 0 spiro atoms. The van der Waals surface area contributed by atoms with Crippen LogP contribution >= 0.6 is 22.9 Å². The van der Waals surface area contributed by atoms with E-state index in [2.05, 4.69) is 16.7 Å². The van der Waals surface area contributed by atoms with Crippen LogP contribution in [-0.4, -0.2) is 12.5 Å². The highest BCUT2D eigenvalue weighted by molar-refractivity contribution is 7.16. The fourth-order valence-electron chi connectivity index (χ4n) is 3.13. The maximum Gasteiger partial charge on any atom is 0.238 e. The molecule has 1 aliphatic carbocycles. The molecule has 0 fully saturated rings. The molecule has 1 amide bonds. The Kier molecular flexibility index (Phi) is 5.74. The van der Waals surface area contributed by atoms with Crippen LogP contribution in [0, 0.1) is 11.3 Å². The molecule has 0 saturated carbocycles. The molecule has 1 aliphatic rings. The first-order chi connectivity index (χ1) is 12.1. The zero-order valence-electron chi connectivity index (χ0n) is 14.1. The van der Waals surface area contributed by atoms with Gasteiger partial charge in [0.1, 0.15) is 11.1 Å². The minimum Gasteiger partial charge on any atom is -0.315 e. The van der Waals surface area contributed by atoms with Gasteiger partial charge in [-0.25, -0.2) is 0 Å². The molecule has 1 atom stereocenters. The smallest absolute Gasteiger partial charge is 0.238 e. The Labute approximate surface area is 156 Å². The number of hydrogen-bond donors (Lipinski definition) is 2. The lowest BCUT2D eigenvalue weighted by Gasteiger charge is -2.15. The number of hydrogen-bond acceptors (Lipinski definition) is 4. The van der Waals surface area contributed by atoms with E-state index in [1.165, 1.54) is 4.88 Å². The van der Waals surface area contributed by atoms with Gasteiger partial charge in [0.25, 0.3) is 0 Å². The van der Waals surface area contributed by atoms with Crippen LogP contribution in [0.3, 0.4) is 0 Å². The number of aryl methyl sites for hydroxylation is 1. The number of rotatable bonds is 5. The second-order valence-corrected chi connectivity index (χ2v) is 7.71. The summed E-state index contributed by atoms with van der Waals surface area (Å²) < 4.78 is 0. The van der Waals surface area contributed by atoms with E-state index < -0.39 is 0 Å². The number of thiophene rings is 1. The number of nitrogens with one attached hydrogen (secondary N) is 2. The van der Waals surface area contributed by atoms with E-state index in [0.717, 1.165) is 36.8 Å². The van der Waals surface area contributed by atoms with Crippen LogP contribution in [0.1, 0.15) is 47.4 Å². The molecule has 1 aromatic carbocycles. The first-order valence-electron chi connectivity index (χ1n) is 8.42. The summed E-state index contributed by atoms with van der Waals surface area (Å²) in [6.07, 6.45) is 4.21. The molecule has 0 aliphatic heterocycles. The molecule has 0 unspecified atom stereocenters. The summed E-state index contributed by atoms with van der Waals surface area (Å²) >= 11 is 7.73. The molecule has 0 bridgehead atoms. The fraction of sp³-hybridized carbons (Fsp3) is 0.368. The Morgan fingerprint density at radius 1 is 1.36 bits per heavy atom. The van der Waals surface area contributed by atoms with Crippen molar-refractivity contribution < 1.29 is 4.79 Å². The van der Waals surface area contributed by atoms with Gasteiger partial charge >= 0.3 is 0 Å². The minimum absolute atomic E-state index is 0.0357. The fourth-order valence-corrected chi connectivity index (χ4v) is 4.68. The van der Waals surface area contributed by atoms with Crippen molar-refractivity contribution in [1.29, 1.82) is 5.26 Å². The topological polar surface area (TPSA) is 64.9 Å². The second kappa shape index (κ2) is 8.01. The Balaban J connectivity index is 1.63. The first-order valence-corrected chi connectivity index (χ1v) is 9.62. The highest BCUT2D eigenvalue weighted by Crippen LogP contribution is 2.37. The third kappa shape index (κ3) is 4.04. The zero-order valence-corrected chi connectivity index (χ0v) is 15.6. The van der Waals surface area contributed by atoms with Crippen molar-refractivity contribution >= 4 is 33.8 Å². The van der Waals surface area contributed by atoms with Crippen LogP contribution in [0.5, 0.6) is 0 Å². The maximum atomic E-state index is 12.3. The third-order valence-corrected chi connectivity index (χ3v) is 6.03. The van der Waals surface area contributed by atoms with E-state index >= 15 is 0 Å². The molecule has 0 radical (unpaired) electrons. The molecular weight excluding hydrogens is 354 g/mol. The van der Waals surface area contributed by atoms with Crippen molar-refractivity contribution in [2.45, 2.75) is 38.6 Å². The van der Waals surface area contributed by atoms with E-state index in [4.69, 9.17) is 11.6 Å². The highest BCUT2D eigenvalue weighted by atomic mass is 35.5. The van der Waals surface area contributed by atoms with Gasteiger partial charge in [0, 0.05) is 15.9 Å². The van der Waals surface area contributed by atoms with Gasteiger partial charge in [0.15, 0.2) is 0 Å². The highest BCUT2D eigenvalue weighted by Gasteiger charge is 2.21. The summed E-state index contributed by atoms with van der Waals surface area (Å²) in [4.78, 5) is 13.6. The predicted octanol–water partition coefficient (Wildman–Crippen LogP) is 4.44. The van der Waals surface area contributed by atoms with Crippen molar-refractivity contribution in [2.24, 2.45) is 0 Å². The number of nitriles is 1. The maximum absolute atomic E-state index is 12.3. The van der Waals surface area contributed by atoms with Gasteiger partial charge in [-0.15, -0.1) is 11.3 Å². The molecule has 4 nitrogen and oxygen atoms in total. The predicted molar refractivity (Wildman–Crippen MR) is 102 cm³/mol. The van der Waals surface area contributed by atoms with Crippen molar-refractivity contribution in [3.8, 4) is 6.07 Å². The third-order valence-electron chi connectivity index (χ3n) is 4.48. The van der Waals surface area contributed by atoms with Gasteiger partial charge < -0.3 is 10.6 Å². The number of nitrogens with zero attached hydrogens (tertiary/aromatic N) is 1. The second-order valence-electron chi connectivity index (χ2n) is 6.20. The molecule has 1 aromatic heterocycles. The van der Waals surface area contributed by atoms with Crippen molar-refractivity contribution in [3.63, 3.8) is 0 Å². The standard InChI is InChI=1S/C19H20ClN3OS/c1-12(13-6-2-4-8-16(13)20)22-11-18(24)23-19-15(10-21)14-7-3-5-9-17(14)25-19/h2,4,6,8,12,22H,3,5,7,9,11H2,1H3,(H,23,24)/t12-/m0/s1. The number of carbonyl (C=O) groups is 1.